The number of ether oxygens (including phenoxy) is 2. The van der Waals surface area contributed by atoms with E-state index in [0.717, 1.165) is 16.4 Å². The van der Waals surface area contributed by atoms with Crippen LogP contribution in [0.4, 0.5) is 31.1 Å². The van der Waals surface area contributed by atoms with E-state index >= 15 is 0 Å². The van der Waals surface area contributed by atoms with Crippen molar-refractivity contribution in [2.45, 2.75) is 66.0 Å². The standard InChI is InChI=1S/C14H14ClF3N4O2.C10H7ClF3N3O.C4H7NO/c1-7(2)20-13(23)22-8(3)4-11(21-22)24-12-10(15)5-9(6-19-12)14(16,17)18;1-5-2-8(17-16-5)18-9-7(11)3-6(4-15-9)10(12,13)14;1-4(2)5-3-6/h4-7H,1-3H3,(H,20,23);2-4H,1H3,(H,16,17);4H,1-2H3. The van der Waals surface area contributed by atoms with Gasteiger partial charge in [0.2, 0.25) is 29.6 Å². The molecule has 4 aromatic heterocycles. The highest BCUT2D eigenvalue weighted by molar-refractivity contribution is 6.32. The maximum atomic E-state index is 12.6. The Hall–Kier alpha value is -4.67. The number of carbonyl (C=O) groups is 1. The lowest BCUT2D eigenvalue weighted by Crippen LogP contribution is -2.35. The number of aromatic nitrogens is 6. The van der Waals surface area contributed by atoms with Crippen molar-refractivity contribution in [3.8, 4) is 23.5 Å². The molecule has 0 aromatic carbocycles. The quantitative estimate of drug-likeness (QED) is 0.115. The molecule has 0 aliphatic rings. The van der Waals surface area contributed by atoms with Crippen molar-refractivity contribution in [2.75, 3.05) is 0 Å². The Balaban J connectivity index is 0.000000293. The topological polar surface area (TPSA) is 149 Å². The third-order valence-electron chi connectivity index (χ3n) is 5.13. The minimum Gasteiger partial charge on any atom is -0.417 e. The van der Waals surface area contributed by atoms with Gasteiger partial charge in [-0.05, 0) is 53.7 Å². The number of carbonyl (C=O) groups excluding carboxylic acids is 2. The summed E-state index contributed by atoms with van der Waals surface area (Å²) in [7, 11) is 0. The molecule has 0 bridgehead atoms. The van der Waals surface area contributed by atoms with Crippen molar-refractivity contribution < 1.29 is 45.4 Å². The number of nitrogens with zero attached hydrogens (tertiary/aromatic N) is 6. The largest absolute Gasteiger partial charge is 0.417 e. The van der Waals surface area contributed by atoms with Gasteiger partial charge in [-0.1, -0.05) is 23.2 Å². The molecule has 0 aliphatic carbocycles. The highest BCUT2D eigenvalue weighted by Crippen LogP contribution is 2.35. The van der Waals surface area contributed by atoms with Gasteiger partial charge in [0.25, 0.3) is 0 Å². The molecule has 2 N–H and O–H groups in total. The third kappa shape index (κ3) is 12.5. The van der Waals surface area contributed by atoms with E-state index in [1.54, 1.807) is 33.8 Å². The summed E-state index contributed by atoms with van der Waals surface area (Å²) >= 11 is 11.4. The number of hydrogen-bond donors (Lipinski definition) is 2. The van der Waals surface area contributed by atoms with Gasteiger partial charge in [-0.25, -0.2) is 24.5 Å². The van der Waals surface area contributed by atoms with Crippen LogP contribution in [0.5, 0.6) is 23.5 Å². The van der Waals surface area contributed by atoms with Crippen molar-refractivity contribution in [1.82, 2.24) is 35.3 Å². The molecule has 4 rings (SSSR count). The smallest absolute Gasteiger partial charge is 0.417 e. The minimum absolute atomic E-state index is 0.0134. The molecular formula is C28H28Cl2F6N8O4. The van der Waals surface area contributed by atoms with Crippen LogP contribution in [0.1, 0.15) is 50.2 Å². The molecule has 0 radical (unpaired) electrons. The fourth-order valence-electron chi connectivity index (χ4n) is 3.07. The van der Waals surface area contributed by atoms with E-state index in [1.165, 1.54) is 12.1 Å². The van der Waals surface area contributed by atoms with Crippen molar-refractivity contribution in [1.29, 1.82) is 0 Å². The molecule has 0 fully saturated rings. The highest BCUT2D eigenvalue weighted by atomic mass is 35.5. The van der Waals surface area contributed by atoms with Crippen LogP contribution >= 0.6 is 23.2 Å². The summed E-state index contributed by atoms with van der Waals surface area (Å²) in [4.78, 5) is 31.6. The van der Waals surface area contributed by atoms with E-state index < -0.39 is 29.5 Å². The zero-order chi connectivity index (χ0) is 36.4. The first-order chi connectivity index (χ1) is 22.2. The van der Waals surface area contributed by atoms with Crippen molar-refractivity contribution in [3.63, 3.8) is 0 Å². The first-order valence-electron chi connectivity index (χ1n) is 13.5. The summed E-state index contributed by atoms with van der Waals surface area (Å²) in [5, 5.41) is 12.4. The number of aliphatic imine (C=N–C) groups is 1. The number of pyridine rings is 2. The number of alkyl halides is 6. The molecule has 20 heteroatoms. The summed E-state index contributed by atoms with van der Waals surface area (Å²) in [6, 6.07) is 4.02. The van der Waals surface area contributed by atoms with Crippen LogP contribution in [0.15, 0.2) is 41.7 Å². The number of H-pyrrole nitrogens is 1. The number of rotatable bonds is 6. The molecule has 0 unspecified atom stereocenters. The second kappa shape index (κ2) is 16.9. The fraction of sp³-hybridized carbons (Fsp3) is 0.357. The summed E-state index contributed by atoms with van der Waals surface area (Å²) in [6.45, 7) is 10.6. The minimum atomic E-state index is -4.55. The SMILES string of the molecule is CC(C)N=C=O.Cc1cc(Oc2ncc(C(F)(F)F)cc2Cl)n[nH]1.Cc1cc(Oc2ncc(C(F)(F)F)cc2Cl)nn1C(=O)NC(C)C. The Morgan fingerprint density at radius 3 is 1.75 bits per heavy atom. The lowest BCUT2D eigenvalue weighted by atomic mass is 10.3. The second-order valence-electron chi connectivity index (χ2n) is 10.1. The predicted octanol–water partition coefficient (Wildman–Crippen LogP) is 8.33. The molecule has 0 saturated heterocycles. The van der Waals surface area contributed by atoms with Gasteiger partial charge in [-0.3, -0.25) is 5.10 Å². The molecule has 0 spiro atoms. The van der Waals surface area contributed by atoms with Gasteiger partial charge >= 0.3 is 18.4 Å². The summed E-state index contributed by atoms with van der Waals surface area (Å²) in [6.07, 6.45) is -6.34. The Morgan fingerprint density at radius 2 is 1.40 bits per heavy atom. The van der Waals surface area contributed by atoms with E-state index in [9.17, 15) is 35.9 Å². The van der Waals surface area contributed by atoms with Crippen molar-refractivity contribution >= 4 is 35.3 Å². The normalized spacial score (nSPS) is 11.2. The highest BCUT2D eigenvalue weighted by Gasteiger charge is 2.33. The Morgan fingerprint density at radius 1 is 0.896 bits per heavy atom. The average Bonchev–Trinajstić information content (AvgIpc) is 3.54. The predicted molar refractivity (Wildman–Crippen MR) is 161 cm³/mol. The number of aromatic amines is 1. The van der Waals surface area contributed by atoms with Crippen molar-refractivity contribution in [2.24, 2.45) is 4.99 Å². The first-order valence-corrected chi connectivity index (χ1v) is 14.2. The molecule has 4 aromatic rings. The Labute approximate surface area is 279 Å². The molecule has 260 valence electrons. The van der Waals surface area contributed by atoms with Crippen LogP contribution in [0, 0.1) is 13.8 Å². The molecule has 0 saturated carbocycles. The summed E-state index contributed by atoms with van der Waals surface area (Å²) in [5.41, 5.74) is -0.699. The summed E-state index contributed by atoms with van der Waals surface area (Å²) < 4.78 is 86.3. The van der Waals surface area contributed by atoms with Gasteiger partial charge < -0.3 is 14.8 Å². The number of isocyanates is 1. The molecule has 0 atom stereocenters. The fourth-order valence-corrected chi connectivity index (χ4v) is 3.48. The van der Waals surface area contributed by atoms with Crippen LogP contribution in [-0.4, -0.2) is 54.1 Å². The zero-order valence-corrected chi connectivity index (χ0v) is 27.5. The van der Waals surface area contributed by atoms with Gasteiger partial charge in [-0.15, -0.1) is 10.2 Å². The van der Waals surface area contributed by atoms with Gasteiger partial charge in [0.05, 0.1) is 22.9 Å². The number of aryl methyl sites for hydroxylation is 2. The van der Waals surface area contributed by atoms with Gasteiger partial charge in [-0.2, -0.15) is 31.0 Å². The maximum Gasteiger partial charge on any atom is 0.417 e. The molecular weight excluding hydrogens is 697 g/mol. The van der Waals surface area contributed by atoms with E-state index in [2.05, 4.69) is 35.6 Å². The van der Waals surface area contributed by atoms with Crippen LogP contribution < -0.4 is 14.8 Å². The first kappa shape index (κ1) is 39.5. The molecule has 12 nitrogen and oxygen atoms in total. The average molecular weight is 725 g/mol. The van der Waals surface area contributed by atoms with Crippen LogP contribution in [0.2, 0.25) is 10.0 Å². The van der Waals surface area contributed by atoms with Gasteiger partial charge in [0.1, 0.15) is 10.0 Å². The molecule has 4 heterocycles. The van der Waals surface area contributed by atoms with Gasteiger partial charge in [0, 0.05) is 36.3 Å². The summed E-state index contributed by atoms with van der Waals surface area (Å²) in [5.74, 6) is -0.197. The Bertz CT molecular complexity index is 1740. The van der Waals surface area contributed by atoms with E-state index in [1.807, 2.05) is 13.8 Å². The number of nitrogens with one attached hydrogen (secondary N) is 2. The molecule has 0 aliphatic heterocycles. The zero-order valence-electron chi connectivity index (χ0n) is 26.0. The monoisotopic (exact) mass is 724 g/mol. The molecule has 1 amide bonds. The van der Waals surface area contributed by atoms with Crippen molar-refractivity contribution in [3.05, 3.63) is 69.2 Å². The maximum absolute atomic E-state index is 12.6. The number of amides is 1. The number of halogens is 8. The van der Waals surface area contributed by atoms with E-state index in [0.29, 0.717) is 24.2 Å². The molecule has 48 heavy (non-hydrogen) atoms. The van der Waals surface area contributed by atoms with Crippen LogP contribution in [0.3, 0.4) is 0 Å². The van der Waals surface area contributed by atoms with Gasteiger partial charge in [0.15, 0.2) is 0 Å². The lowest BCUT2D eigenvalue weighted by molar-refractivity contribution is -0.138. The lowest BCUT2D eigenvalue weighted by Gasteiger charge is -2.09. The number of hydrogen-bond acceptors (Lipinski definition) is 9. The van der Waals surface area contributed by atoms with E-state index in [-0.39, 0.29) is 45.6 Å². The van der Waals surface area contributed by atoms with Crippen LogP contribution in [-0.2, 0) is 17.1 Å². The second-order valence-corrected chi connectivity index (χ2v) is 10.9. The van der Waals surface area contributed by atoms with E-state index in [4.69, 9.17) is 32.7 Å². The third-order valence-corrected chi connectivity index (χ3v) is 5.68. The Kier molecular flexibility index (Phi) is 13.9. The van der Waals surface area contributed by atoms with Crippen LogP contribution in [0.25, 0.3) is 0 Å².